The fourth-order valence-electron chi connectivity index (χ4n) is 2.28. The van der Waals surface area contributed by atoms with Gasteiger partial charge in [0.2, 0.25) is 0 Å². The molecule has 0 bridgehead atoms. The first-order valence-corrected chi connectivity index (χ1v) is 8.54. The van der Waals surface area contributed by atoms with E-state index in [-0.39, 0.29) is 16.3 Å². The van der Waals surface area contributed by atoms with E-state index in [1.807, 2.05) is 24.3 Å². The number of nitrogens with zero attached hydrogens (tertiary/aromatic N) is 1. The Balaban J connectivity index is 2.01. The van der Waals surface area contributed by atoms with Gasteiger partial charge in [0.1, 0.15) is 5.56 Å². The molecule has 24 heavy (non-hydrogen) atoms. The number of fused-ring (bicyclic) bond motifs is 1. The summed E-state index contributed by atoms with van der Waals surface area (Å²) in [5.74, 6) is -0.739. The molecule has 0 unspecified atom stereocenters. The van der Waals surface area contributed by atoms with Crippen LogP contribution in [0.25, 0.3) is 10.8 Å². The van der Waals surface area contributed by atoms with E-state index in [4.69, 9.17) is 0 Å². The number of aromatic nitrogens is 1. The average Bonchev–Trinajstić information content (AvgIpc) is 2.60. The number of rotatable bonds is 4. The van der Waals surface area contributed by atoms with Gasteiger partial charge in [0.05, 0.1) is 12.0 Å². The van der Waals surface area contributed by atoms with Gasteiger partial charge in [0.15, 0.2) is 5.82 Å². The highest BCUT2D eigenvalue weighted by Gasteiger charge is 2.20. The van der Waals surface area contributed by atoms with Gasteiger partial charge < -0.3 is 4.74 Å². The quantitative estimate of drug-likeness (QED) is 0.737. The van der Waals surface area contributed by atoms with Crippen LogP contribution in [0.3, 0.4) is 0 Å². The number of carbonyl (C=O) groups excluding carboxylic acids is 1. The molecule has 122 valence electrons. The van der Waals surface area contributed by atoms with Crippen LogP contribution in [-0.4, -0.2) is 26.5 Å². The van der Waals surface area contributed by atoms with Crippen molar-refractivity contribution in [3.05, 3.63) is 66.4 Å². The lowest BCUT2D eigenvalue weighted by molar-refractivity contribution is 0.0601. The summed E-state index contributed by atoms with van der Waals surface area (Å²) in [5.41, 5.74) is 0.0457. The monoisotopic (exact) mass is 342 g/mol. The molecule has 1 aromatic heterocycles. The van der Waals surface area contributed by atoms with E-state index in [9.17, 15) is 13.2 Å². The molecule has 0 fully saturated rings. The van der Waals surface area contributed by atoms with Crippen LogP contribution in [0.2, 0.25) is 0 Å². The third-order valence-electron chi connectivity index (χ3n) is 3.48. The summed E-state index contributed by atoms with van der Waals surface area (Å²) in [5, 5.41) is 1.74. The first-order chi connectivity index (χ1) is 11.5. The molecule has 2 aromatic carbocycles. The second-order valence-electron chi connectivity index (χ2n) is 5.01. The van der Waals surface area contributed by atoms with Gasteiger partial charge in [-0.15, -0.1) is 0 Å². The standard InChI is InChI=1S/C17H14N2O4S/c1-23-17(20)15-7-4-10-18-16(15)19-24(21,22)14-9-8-12-5-2-3-6-13(12)11-14/h2-11H,1H3,(H,18,19). The van der Waals surface area contributed by atoms with Crippen molar-refractivity contribution in [1.29, 1.82) is 0 Å². The van der Waals surface area contributed by atoms with Gasteiger partial charge in [-0.2, -0.15) is 0 Å². The number of esters is 1. The molecule has 0 radical (unpaired) electrons. The zero-order valence-electron chi connectivity index (χ0n) is 12.8. The van der Waals surface area contributed by atoms with E-state index in [1.54, 1.807) is 12.1 Å². The highest BCUT2D eigenvalue weighted by molar-refractivity contribution is 7.92. The summed E-state index contributed by atoms with van der Waals surface area (Å²) in [6.07, 6.45) is 1.39. The van der Waals surface area contributed by atoms with Gasteiger partial charge in [0, 0.05) is 6.20 Å². The van der Waals surface area contributed by atoms with E-state index in [0.717, 1.165) is 10.8 Å². The van der Waals surface area contributed by atoms with Crippen LogP contribution in [0.15, 0.2) is 65.7 Å². The van der Waals surface area contributed by atoms with E-state index in [0.29, 0.717) is 0 Å². The highest BCUT2D eigenvalue weighted by Crippen LogP contribution is 2.22. The predicted molar refractivity (Wildman–Crippen MR) is 90.3 cm³/mol. The lowest BCUT2D eigenvalue weighted by atomic mass is 10.1. The molecule has 0 amide bonds. The van der Waals surface area contributed by atoms with E-state index < -0.39 is 16.0 Å². The maximum Gasteiger partial charge on any atom is 0.341 e. The van der Waals surface area contributed by atoms with Crippen molar-refractivity contribution < 1.29 is 17.9 Å². The Labute approximate surface area is 139 Å². The van der Waals surface area contributed by atoms with Crippen molar-refractivity contribution in [3.8, 4) is 0 Å². The number of sulfonamides is 1. The van der Waals surface area contributed by atoms with Crippen LogP contribution < -0.4 is 4.72 Å². The SMILES string of the molecule is COC(=O)c1cccnc1NS(=O)(=O)c1ccc2ccccc2c1. The zero-order chi connectivity index (χ0) is 17.2. The number of anilines is 1. The number of nitrogens with one attached hydrogen (secondary N) is 1. The first kappa shape index (κ1) is 15.9. The van der Waals surface area contributed by atoms with Crippen LogP contribution in [0.4, 0.5) is 5.82 Å². The summed E-state index contributed by atoms with van der Waals surface area (Å²) >= 11 is 0. The second kappa shape index (κ2) is 6.29. The number of methoxy groups -OCH3 is 1. The molecule has 0 saturated carbocycles. The van der Waals surface area contributed by atoms with E-state index in [2.05, 4.69) is 14.4 Å². The van der Waals surface area contributed by atoms with Crippen molar-refractivity contribution in [2.75, 3.05) is 11.8 Å². The van der Waals surface area contributed by atoms with Gasteiger partial charge in [-0.3, -0.25) is 4.72 Å². The van der Waals surface area contributed by atoms with E-state index in [1.165, 1.54) is 31.5 Å². The number of ether oxygens (including phenoxy) is 1. The van der Waals surface area contributed by atoms with Gasteiger partial charge >= 0.3 is 5.97 Å². The number of hydrogen-bond acceptors (Lipinski definition) is 5. The van der Waals surface area contributed by atoms with Gasteiger partial charge in [-0.25, -0.2) is 18.2 Å². The molecule has 1 N–H and O–H groups in total. The molecule has 1 heterocycles. The average molecular weight is 342 g/mol. The fraction of sp³-hybridized carbons (Fsp3) is 0.0588. The smallest absolute Gasteiger partial charge is 0.341 e. The van der Waals surface area contributed by atoms with Crippen LogP contribution in [0, 0.1) is 0 Å². The van der Waals surface area contributed by atoms with Crippen molar-refractivity contribution >= 4 is 32.6 Å². The molecular formula is C17H14N2O4S. The summed E-state index contributed by atoms with van der Waals surface area (Å²) in [7, 11) is -2.67. The van der Waals surface area contributed by atoms with Crippen molar-refractivity contribution in [2.24, 2.45) is 0 Å². The Morgan fingerprint density at radius 3 is 2.54 bits per heavy atom. The normalized spacial score (nSPS) is 11.2. The molecule has 0 saturated heterocycles. The van der Waals surface area contributed by atoms with Gasteiger partial charge in [0.25, 0.3) is 10.0 Å². The predicted octanol–water partition coefficient (Wildman–Crippen LogP) is 2.82. The minimum Gasteiger partial charge on any atom is -0.465 e. The lowest BCUT2D eigenvalue weighted by Crippen LogP contribution is -2.17. The molecular weight excluding hydrogens is 328 g/mol. The Bertz CT molecular complexity index is 1020. The fourth-order valence-corrected chi connectivity index (χ4v) is 3.35. The maximum atomic E-state index is 12.6. The highest BCUT2D eigenvalue weighted by atomic mass is 32.2. The number of carbonyl (C=O) groups is 1. The third kappa shape index (κ3) is 3.07. The number of hydrogen-bond donors (Lipinski definition) is 1. The summed E-state index contributed by atoms with van der Waals surface area (Å²) < 4.78 is 32.2. The largest absolute Gasteiger partial charge is 0.465 e. The van der Waals surface area contributed by atoms with Crippen molar-refractivity contribution in [2.45, 2.75) is 4.90 Å². The maximum absolute atomic E-state index is 12.6. The topological polar surface area (TPSA) is 85.4 Å². The molecule has 3 rings (SSSR count). The molecule has 0 spiro atoms. The lowest BCUT2D eigenvalue weighted by Gasteiger charge is -2.11. The zero-order valence-corrected chi connectivity index (χ0v) is 13.6. The second-order valence-corrected chi connectivity index (χ2v) is 6.69. The number of pyridine rings is 1. The summed E-state index contributed by atoms with van der Waals surface area (Å²) in [4.78, 5) is 15.7. The minimum atomic E-state index is -3.89. The molecule has 6 nitrogen and oxygen atoms in total. The molecule has 3 aromatic rings. The molecule has 0 aliphatic rings. The number of benzene rings is 2. The Kier molecular flexibility index (Phi) is 4.18. The van der Waals surface area contributed by atoms with Gasteiger partial charge in [-0.1, -0.05) is 30.3 Å². The Morgan fingerprint density at radius 1 is 1.04 bits per heavy atom. The van der Waals surface area contributed by atoms with Gasteiger partial charge in [-0.05, 0) is 35.0 Å². The third-order valence-corrected chi connectivity index (χ3v) is 4.81. The van der Waals surface area contributed by atoms with E-state index >= 15 is 0 Å². The first-order valence-electron chi connectivity index (χ1n) is 7.06. The molecule has 0 atom stereocenters. The Hall–Kier alpha value is -2.93. The van der Waals surface area contributed by atoms with Crippen LogP contribution >= 0.6 is 0 Å². The van der Waals surface area contributed by atoms with Crippen molar-refractivity contribution in [1.82, 2.24) is 4.98 Å². The van der Waals surface area contributed by atoms with Crippen LogP contribution in [0.5, 0.6) is 0 Å². The van der Waals surface area contributed by atoms with Crippen LogP contribution in [-0.2, 0) is 14.8 Å². The molecule has 0 aliphatic carbocycles. The van der Waals surface area contributed by atoms with Crippen LogP contribution in [0.1, 0.15) is 10.4 Å². The molecule has 0 aliphatic heterocycles. The van der Waals surface area contributed by atoms with Crippen molar-refractivity contribution in [3.63, 3.8) is 0 Å². The Morgan fingerprint density at radius 2 is 1.79 bits per heavy atom. The summed E-state index contributed by atoms with van der Waals surface area (Å²) in [6, 6.07) is 15.2. The minimum absolute atomic E-state index is 0.0457. The summed E-state index contributed by atoms with van der Waals surface area (Å²) in [6.45, 7) is 0. The molecule has 7 heteroatoms.